The Kier molecular flexibility index (Phi) is 7.40. The number of nitrogens with one attached hydrogen (secondary N) is 1. The van der Waals surface area contributed by atoms with Gasteiger partial charge in [-0.1, -0.05) is 32.9 Å². The molecule has 0 bridgehead atoms. The molecule has 0 aliphatic carbocycles. The molecule has 1 aromatic carbocycles. The van der Waals surface area contributed by atoms with Crippen molar-refractivity contribution >= 4 is 11.6 Å². The fraction of sp³-hybridized carbons (Fsp3) is 0.588. The maximum atomic E-state index is 11.8. The number of anilines is 1. The van der Waals surface area contributed by atoms with Crippen molar-refractivity contribution in [2.45, 2.75) is 46.6 Å². The minimum Gasteiger partial charge on any atom is -0.381 e. The first-order chi connectivity index (χ1) is 9.90. The van der Waals surface area contributed by atoms with Crippen LogP contribution in [0.15, 0.2) is 24.3 Å². The highest BCUT2D eigenvalue weighted by Gasteiger charge is 2.09. The number of rotatable bonds is 8. The summed E-state index contributed by atoms with van der Waals surface area (Å²) in [7, 11) is 0. The second-order valence-electron chi connectivity index (χ2n) is 6.48. The number of hydrogen-bond donors (Lipinski definition) is 2. The van der Waals surface area contributed by atoms with E-state index in [1.807, 2.05) is 24.3 Å². The fourth-order valence-electron chi connectivity index (χ4n) is 1.76. The molecule has 0 atom stereocenters. The molecule has 1 rings (SSSR count). The van der Waals surface area contributed by atoms with Crippen LogP contribution in [-0.2, 0) is 16.1 Å². The Labute approximate surface area is 128 Å². The Bertz CT molecular complexity index is 421. The quantitative estimate of drug-likeness (QED) is 0.722. The first-order valence-electron chi connectivity index (χ1n) is 7.57. The summed E-state index contributed by atoms with van der Waals surface area (Å²) in [5, 5.41) is 2.87. The summed E-state index contributed by atoms with van der Waals surface area (Å²) >= 11 is 0. The van der Waals surface area contributed by atoms with Gasteiger partial charge >= 0.3 is 0 Å². The van der Waals surface area contributed by atoms with Gasteiger partial charge in [-0.05, 0) is 36.0 Å². The summed E-state index contributed by atoms with van der Waals surface area (Å²) in [4.78, 5) is 11.8. The zero-order valence-corrected chi connectivity index (χ0v) is 13.4. The van der Waals surface area contributed by atoms with Crippen molar-refractivity contribution in [2.75, 3.05) is 18.5 Å². The van der Waals surface area contributed by atoms with Crippen LogP contribution in [0.25, 0.3) is 0 Å². The lowest BCUT2D eigenvalue weighted by Gasteiger charge is -2.17. The van der Waals surface area contributed by atoms with Crippen LogP contribution >= 0.6 is 0 Å². The predicted molar refractivity (Wildman–Crippen MR) is 87.1 cm³/mol. The van der Waals surface area contributed by atoms with Gasteiger partial charge < -0.3 is 15.8 Å². The van der Waals surface area contributed by atoms with E-state index in [-0.39, 0.29) is 5.91 Å². The molecule has 0 aliphatic rings. The number of amides is 1. The predicted octanol–water partition coefficient (Wildman–Crippen LogP) is 3.32. The van der Waals surface area contributed by atoms with Gasteiger partial charge in [0, 0.05) is 31.9 Å². The molecule has 4 nitrogen and oxygen atoms in total. The van der Waals surface area contributed by atoms with Crippen LogP contribution in [0.2, 0.25) is 0 Å². The van der Waals surface area contributed by atoms with E-state index < -0.39 is 0 Å². The molecule has 0 radical (unpaired) electrons. The largest absolute Gasteiger partial charge is 0.381 e. The molecule has 0 spiro atoms. The van der Waals surface area contributed by atoms with Gasteiger partial charge in [0.15, 0.2) is 0 Å². The summed E-state index contributed by atoms with van der Waals surface area (Å²) in [6, 6.07) is 7.59. The minimum absolute atomic E-state index is 0.0231. The molecular weight excluding hydrogens is 264 g/mol. The zero-order valence-electron chi connectivity index (χ0n) is 13.4. The van der Waals surface area contributed by atoms with Crippen LogP contribution in [0.1, 0.15) is 45.6 Å². The van der Waals surface area contributed by atoms with E-state index >= 15 is 0 Å². The highest BCUT2D eigenvalue weighted by atomic mass is 16.5. The molecule has 1 amide bonds. The smallest absolute Gasteiger partial charge is 0.224 e. The van der Waals surface area contributed by atoms with Gasteiger partial charge in [0.2, 0.25) is 5.91 Å². The Morgan fingerprint density at radius 1 is 1.19 bits per heavy atom. The lowest BCUT2D eigenvalue weighted by molar-refractivity contribution is -0.116. The van der Waals surface area contributed by atoms with E-state index in [1.165, 1.54) is 0 Å². The molecular formula is C17H28N2O2. The van der Waals surface area contributed by atoms with Crippen molar-refractivity contribution in [1.29, 1.82) is 0 Å². The van der Waals surface area contributed by atoms with Crippen molar-refractivity contribution in [1.82, 2.24) is 0 Å². The van der Waals surface area contributed by atoms with Crippen LogP contribution in [0.4, 0.5) is 5.69 Å². The Balaban J connectivity index is 2.13. The molecule has 4 heteroatoms. The highest BCUT2D eigenvalue weighted by Crippen LogP contribution is 2.18. The second-order valence-corrected chi connectivity index (χ2v) is 6.48. The third-order valence-electron chi connectivity index (χ3n) is 3.16. The Hall–Kier alpha value is -1.39. The monoisotopic (exact) mass is 292 g/mol. The molecule has 0 fully saturated rings. The maximum absolute atomic E-state index is 11.8. The number of ether oxygens (including phenoxy) is 1. The standard InChI is InChI=1S/C17H28N2O2/c1-17(2,3)10-12-21-11-4-5-16(20)19-15-8-6-14(13-18)7-9-15/h6-9H,4-5,10-13,18H2,1-3H3,(H,19,20). The average Bonchev–Trinajstić information content (AvgIpc) is 2.42. The molecule has 0 aliphatic heterocycles. The molecule has 0 heterocycles. The first-order valence-corrected chi connectivity index (χ1v) is 7.57. The lowest BCUT2D eigenvalue weighted by atomic mass is 9.93. The van der Waals surface area contributed by atoms with Crippen molar-refractivity contribution in [3.05, 3.63) is 29.8 Å². The van der Waals surface area contributed by atoms with Crippen LogP contribution in [0.3, 0.4) is 0 Å². The number of carbonyl (C=O) groups excluding carboxylic acids is 1. The van der Waals surface area contributed by atoms with Crippen molar-refractivity contribution in [2.24, 2.45) is 11.1 Å². The molecule has 0 unspecified atom stereocenters. The number of nitrogens with two attached hydrogens (primary N) is 1. The summed E-state index contributed by atoms with van der Waals surface area (Å²) < 4.78 is 5.55. The third-order valence-corrected chi connectivity index (χ3v) is 3.16. The van der Waals surface area contributed by atoms with Gasteiger partial charge in [-0.3, -0.25) is 4.79 Å². The zero-order chi connectivity index (χ0) is 15.7. The average molecular weight is 292 g/mol. The van der Waals surface area contributed by atoms with E-state index in [0.717, 1.165) is 30.7 Å². The van der Waals surface area contributed by atoms with Gasteiger partial charge in [0.05, 0.1) is 0 Å². The third kappa shape index (κ3) is 8.48. The lowest BCUT2D eigenvalue weighted by Crippen LogP contribution is -2.13. The summed E-state index contributed by atoms with van der Waals surface area (Å²) in [6.45, 7) is 8.49. The fourth-order valence-corrected chi connectivity index (χ4v) is 1.76. The molecule has 0 aromatic heterocycles. The van der Waals surface area contributed by atoms with Crippen molar-refractivity contribution in [3.8, 4) is 0 Å². The van der Waals surface area contributed by atoms with E-state index in [0.29, 0.717) is 25.0 Å². The van der Waals surface area contributed by atoms with Gasteiger partial charge in [-0.15, -0.1) is 0 Å². The SMILES string of the molecule is CC(C)(C)CCOCCCC(=O)Nc1ccc(CN)cc1. The van der Waals surface area contributed by atoms with Crippen LogP contribution in [0.5, 0.6) is 0 Å². The van der Waals surface area contributed by atoms with E-state index in [9.17, 15) is 4.79 Å². The van der Waals surface area contributed by atoms with Gasteiger partial charge in [-0.25, -0.2) is 0 Å². The number of benzene rings is 1. The summed E-state index contributed by atoms with van der Waals surface area (Å²) in [6.07, 6.45) is 2.26. The molecule has 0 saturated heterocycles. The van der Waals surface area contributed by atoms with E-state index in [4.69, 9.17) is 10.5 Å². The molecule has 3 N–H and O–H groups in total. The van der Waals surface area contributed by atoms with Crippen LogP contribution < -0.4 is 11.1 Å². The van der Waals surface area contributed by atoms with Crippen molar-refractivity contribution in [3.63, 3.8) is 0 Å². The Morgan fingerprint density at radius 2 is 1.86 bits per heavy atom. The minimum atomic E-state index is 0.0231. The summed E-state index contributed by atoms with van der Waals surface area (Å²) in [5.41, 5.74) is 7.70. The van der Waals surface area contributed by atoms with E-state index in [1.54, 1.807) is 0 Å². The Morgan fingerprint density at radius 3 is 2.43 bits per heavy atom. The normalized spacial score (nSPS) is 11.4. The molecule has 118 valence electrons. The number of carbonyl (C=O) groups is 1. The van der Waals surface area contributed by atoms with Gasteiger partial charge in [0.25, 0.3) is 0 Å². The second kappa shape index (κ2) is 8.80. The van der Waals surface area contributed by atoms with Gasteiger partial charge in [-0.2, -0.15) is 0 Å². The number of hydrogen-bond acceptors (Lipinski definition) is 3. The van der Waals surface area contributed by atoms with Crippen molar-refractivity contribution < 1.29 is 9.53 Å². The first kappa shape index (κ1) is 17.7. The topological polar surface area (TPSA) is 64.3 Å². The van der Waals surface area contributed by atoms with E-state index in [2.05, 4.69) is 26.1 Å². The summed E-state index contributed by atoms with van der Waals surface area (Å²) in [5.74, 6) is 0.0231. The van der Waals surface area contributed by atoms with Gasteiger partial charge in [0.1, 0.15) is 0 Å². The van der Waals surface area contributed by atoms with Crippen LogP contribution in [-0.4, -0.2) is 19.1 Å². The molecule has 21 heavy (non-hydrogen) atoms. The molecule has 1 aromatic rings. The van der Waals surface area contributed by atoms with Crippen LogP contribution in [0, 0.1) is 5.41 Å². The molecule has 0 saturated carbocycles. The maximum Gasteiger partial charge on any atom is 0.224 e. The highest BCUT2D eigenvalue weighted by molar-refractivity contribution is 5.90.